The Hall–Kier alpha value is -1.52. The molecule has 3 nitrogen and oxygen atoms in total. The van der Waals surface area contributed by atoms with Gasteiger partial charge >= 0.3 is 5.97 Å². The molecule has 5 heteroatoms. The molecule has 0 unspecified atom stereocenters. The fourth-order valence-corrected chi connectivity index (χ4v) is 2.13. The van der Waals surface area contributed by atoms with E-state index in [4.69, 9.17) is 21.1 Å². The van der Waals surface area contributed by atoms with Gasteiger partial charge < -0.3 is 9.47 Å². The quantitative estimate of drug-likeness (QED) is 0.621. The van der Waals surface area contributed by atoms with E-state index >= 15 is 0 Å². The Labute approximate surface area is 124 Å². The summed E-state index contributed by atoms with van der Waals surface area (Å²) in [4.78, 5) is 11.6. The molecule has 98 valence electrons. The molecule has 19 heavy (non-hydrogen) atoms. The fraction of sp³-hybridized carbons (Fsp3) is 0.0714. The van der Waals surface area contributed by atoms with E-state index in [9.17, 15) is 4.79 Å². The Kier molecular flexibility index (Phi) is 4.82. The highest BCUT2D eigenvalue weighted by Gasteiger charge is 2.09. The standard InChI is InChI=1S/C14H10BrClO3/c15-12-8-10(16)6-7-13(12)19-14(17)9-18-11-4-2-1-3-5-11/h1-8H,9H2. The van der Waals surface area contributed by atoms with Crippen molar-refractivity contribution in [2.24, 2.45) is 0 Å². The second kappa shape index (κ2) is 6.59. The van der Waals surface area contributed by atoms with Crippen LogP contribution >= 0.6 is 27.5 Å². The van der Waals surface area contributed by atoms with Crippen molar-refractivity contribution in [2.45, 2.75) is 0 Å². The molecule has 2 rings (SSSR count). The fourth-order valence-electron chi connectivity index (χ4n) is 1.37. The van der Waals surface area contributed by atoms with Crippen LogP contribution < -0.4 is 9.47 Å². The van der Waals surface area contributed by atoms with Gasteiger partial charge in [0, 0.05) is 5.02 Å². The van der Waals surface area contributed by atoms with Crippen molar-refractivity contribution >= 4 is 33.5 Å². The lowest BCUT2D eigenvalue weighted by molar-refractivity contribution is -0.136. The van der Waals surface area contributed by atoms with Crippen LogP contribution in [0.3, 0.4) is 0 Å². The summed E-state index contributed by atoms with van der Waals surface area (Å²) >= 11 is 9.07. The van der Waals surface area contributed by atoms with Crippen LogP contribution in [-0.2, 0) is 4.79 Å². The molecule has 0 saturated heterocycles. The summed E-state index contributed by atoms with van der Waals surface area (Å²) in [7, 11) is 0. The van der Waals surface area contributed by atoms with Crippen molar-refractivity contribution < 1.29 is 14.3 Å². The molecule has 0 fully saturated rings. The lowest BCUT2D eigenvalue weighted by Gasteiger charge is -2.08. The van der Waals surface area contributed by atoms with Crippen molar-refractivity contribution in [3.8, 4) is 11.5 Å². The molecule has 0 radical (unpaired) electrons. The maximum atomic E-state index is 11.6. The summed E-state index contributed by atoms with van der Waals surface area (Å²) in [6.45, 7) is -0.154. The molecule has 0 aliphatic carbocycles. The molecule has 0 saturated carbocycles. The second-order valence-electron chi connectivity index (χ2n) is 3.65. The number of benzene rings is 2. The van der Waals surface area contributed by atoms with Gasteiger partial charge in [-0.25, -0.2) is 4.79 Å². The summed E-state index contributed by atoms with van der Waals surface area (Å²) in [6.07, 6.45) is 0. The van der Waals surface area contributed by atoms with E-state index in [-0.39, 0.29) is 6.61 Å². The third kappa shape index (κ3) is 4.26. The number of para-hydroxylation sites is 1. The highest BCUT2D eigenvalue weighted by atomic mass is 79.9. The normalized spacial score (nSPS) is 10.0. The molecule has 0 atom stereocenters. The zero-order valence-electron chi connectivity index (χ0n) is 9.81. The van der Waals surface area contributed by atoms with E-state index in [1.54, 1.807) is 30.3 Å². The van der Waals surface area contributed by atoms with Gasteiger partial charge in [-0.1, -0.05) is 29.8 Å². The van der Waals surface area contributed by atoms with Crippen LogP contribution in [0.5, 0.6) is 11.5 Å². The first-order valence-corrected chi connectivity index (χ1v) is 6.66. The van der Waals surface area contributed by atoms with Gasteiger partial charge in [0.05, 0.1) is 4.47 Å². The molecule has 0 spiro atoms. The van der Waals surface area contributed by atoms with Crippen LogP contribution in [0.4, 0.5) is 0 Å². The first kappa shape index (κ1) is 13.9. The molecule has 0 heterocycles. The number of carbonyl (C=O) groups excluding carboxylic acids is 1. The van der Waals surface area contributed by atoms with E-state index in [0.717, 1.165) is 0 Å². The average Bonchev–Trinajstić information content (AvgIpc) is 2.41. The number of hydrogen-bond acceptors (Lipinski definition) is 3. The third-order valence-corrected chi connectivity index (χ3v) is 3.07. The van der Waals surface area contributed by atoms with E-state index in [1.807, 2.05) is 18.2 Å². The van der Waals surface area contributed by atoms with Crippen LogP contribution in [0.1, 0.15) is 0 Å². The van der Waals surface area contributed by atoms with E-state index in [2.05, 4.69) is 15.9 Å². The Morgan fingerprint density at radius 1 is 1.16 bits per heavy atom. The average molecular weight is 342 g/mol. The Morgan fingerprint density at radius 3 is 2.58 bits per heavy atom. The van der Waals surface area contributed by atoms with E-state index < -0.39 is 5.97 Å². The van der Waals surface area contributed by atoms with Crippen LogP contribution in [0, 0.1) is 0 Å². The molecule has 0 aliphatic rings. The zero-order chi connectivity index (χ0) is 13.7. The number of esters is 1. The van der Waals surface area contributed by atoms with Gasteiger partial charge in [0.25, 0.3) is 0 Å². The van der Waals surface area contributed by atoms with E-state index in [1.165, 1.54) is 0 Å². The Morgan fingerprint density at radius 2 is 1.89 bits per heavy atom. The van der Waals surface area contributed by atoms with Crippen molar-refractivity contribution in [1.82, 2.24) is 0 Å². The minimum atomic E-state index is -0.480. The SMILES string of the molecule is O=C(COc1ccccc1)Oc1ccc(Cl)cc1Br. The summed E-state index contributed by atoms with van der Waals surface area (Å²) in [5.41, 5.74) is 0. The van der Waals surface area contributed by atoms with Gasteiger partial charge in [-0.2, -0.15) is 0 Å². The van der Waals surface area contributed by atoms with Gasteiger partial charge in [0.2, 0.25) is 0 Å². The first-order chi connectivity index (χ1) is 9.15. The van der Waals surface area contributed by atoms with Crippen molar-refractivity contribution in [3.63, 3.8) is 0 Å². The van der Waals surface area contributed by atoms with E-state index in [0.29, 0.717) is 21.0 Å². The lowest BCUT2D eigenvalue weighted by atomic mass is 10.3. The van der Waals surface area contributed by atoms with Crippen LogP contribution in [0.25, 0.3) is 0 Å². The number of hydrogen-bond donors (Lipinski definition) is 0. The second-order valence-corrected chi connectivity index (χ2v) is 4.94. The van der Waals surface area contributed by atoms with Crippen molar-refractivity contribution in [3.05, 3.63) is 58.0 Å². The summed E-state index contributed by atoms with van der Waals surface area (Å²) < 4.78 is 11.1. The molecule has 0 N–H and O–H groups in total. The van der Waals surface area contributed by atoms with Gasteiger partial charge in [-0.15, -0.1) is 0 Å². The maximum absolute atomic E-state index is 11.6. The molecule has 2 aromatic carbocycles. The molecule has 0 bridgehead atoms. The van der Waals surface area contributed by atoms with Gasteiger partial charge in [0.1, 0.15) is 11.5 Å². The van der Waals surface area contributed by atoms with Crippen LogP contribution in [0.2, 0.25) is 5.02 Å². The van der Waals surface area contributed by atoms with Crippen LogP contribution in [0.15, 0.2) is 53.0 Å². The van der Waals surface area contributed by atoms with Crippen LogP contribution in [-0.4, -0.2) is 12.6 Å². The topological polar surface area (TPSA) is 35.5 Å². The predicted octanol–water partition coefficient (Wildman–Crippen LogP) is 4.09. The largest absolute Gasteiger partial charge is 0.482 e. The van der Waals surface area contributed by atoms with Crippen molar-refractivity contribution in [1.29, 1.82) is 0 Å². The molecular formula is C14H10BrClO3. The molecule has 2 aromatic rings. The smallest absolute Gasteiger partial charge is 0.349 e. The lowest BCUT2D eigenvalue weighted by Crippen LogP contribution is -2.17. The highest BCUT2D eigenvalue weighted by molar-refractivity contribution is 9.10. The summed E-state index contributed by atoms with van der Waals surface area (Å²) in [5, 5.41) is 0.562. The third-order valence-electron chi connectivity index (χ3n) is 2.22. The summed E-state index contributed by atoms with van der Waals surface area (Å²) in [5.74, 6) is 0.549. The van der Waals surface area contributed by atoms with Gasteiger partial charge in [-0.3, -0.25) is 0 Å². The first-order valence-electron chi connectivity index (χ1n) is 5.49. The number of halogens is 2. The number of carbonyl (C=O) groups is 1. The van der Waals surface area contributed by atoms with Gasteiger partial charge in [0.15, 0.2) is 6.61 Å². The number of rotatable bonds is 4. The summed E-state index contributed by atoms with van der Waals surface area (Å²) in [6, 6.07) is 14.0. The predicted molar refractivity (Wildman–Crippen MR) is 76.7 cm³/mol. The molecule has 0 aromatic heterocycles. The zero-order valence-corrected chi connectivity index (χ0v) is 12.1. The van der Waals surface area contributed by atoms with Crippen molar-refractivity contribution in [2.75, 3.05) is 6.61 Å². The minimum absolute atomic E-state index is 0.154. The molecular weight excluding hydrogens is 332 g/mol. The monoisotopic (exact) mass is 340 g/mol. The number of ether oxygens (including phenoxy) is 2. The highest BCUT2D eigenvalue weighted by Crippen LogP contribution is 2.28. The minimum Gasteiger partial charge on any atom is -0.482 e. The Balaban J connectivity index is 1.91. The molecule has 0 amide bonds. The molecule has 0 aliphatic heterocycles. The Bertz CT molecular complexity index is 572. The maximum Gasteiger partial charge on any atom is 0.349 e. The van der Waals surface area contributed by atoms with Gasteiger partial charge in [-0.05, 0) is 46.3 Å².